The van der Waals surface area contributed by atoms with E-state index in [-0.39, 0.29) is 0 Å². The van der Waals surface area contributed by atoms with Gasteiger partial charge in [-0.1, -0.05) is 26.2 Å². The Hall–Kier alpha value is -0.0800. The Balaban J connectivity index is 1.94. The first-order valence-corrected chi connectivity index (χ1v) is 8.19. The lowest BCUT2D eigenvalue weighted by molar-refractivity contribution is 0.0438. The van der Waals surface area contributed by atoms with E-state index in [0.717, 1.165) is 24.0 Å². The molecule has 1 aliphatic heterocycles. The average molecular weight is 252 g/mol. The van der Waals surface area contributed by atoms with Gasteiger partial charge < -0.3 is 5.32 Å². The second-order valence-corrected chi connectivity index (χ2v) is 6.47. The van der Waals surface area contributed by atoms with Crippen molar-refractivity contribution in [3.8, 4) is 0 Å². The standard InChI is InChI=1S/C16H32N2/c1-4-16(14-8-6-5-7-9-14)18-11-10-15(17-3)12-13(18)2/h13-17H,4-12H2,1-3H3. The fraction of sp³-hybridized carbons (Fsp3) is 1.00. The van der Waals surface area contributed by atoms with Crippen molar-refractivity contribution in [3.05, 3.63) is 0 Å². The van der Waals surface area contributed by atoms with Gasteiger partial charge in [-0.2, -0.15) is 0 Å². The van der Waals surface area contributed by atoms with Crippen LogP contribution in [0.15, 0.2) is 0 Å². The van der Waals surface area contributed by atoms with E-state index >= 15 is 0 Å². The van der Waals surface area contributed by atoms with Crippen LogP contribution < -0.4 is 5.32 Å². The van der Waals surface area contributed by atoms with E-state index < -0.39 is 0 Å². The Labute approximate surface area is 114 Å². The van der Waals surface area contributed by atoms with Gasteiger partial charge in [0.1, 0.15) is 0 Å². The minimum atomic E-state index is 0.750. The highest BCUT2D eigenvalue weighted by molar-refractivity contribution is 4.89. The lowest BCUT2D eigenvalue weighted by Gasteiger charge is -2.46. The van der Waals surface area contributed by atoms with Crippen LogP contribution in [0.1, 0.15) is 65.2 Å². The third-order valence-electron chi connectivity index (χ3n) is 5.37. The minimum Gasteiger partial charge on any atom is -0.317 e. The van der Waals surface area contributed by atoms with Crippen molar-refractivity contribution in [2.24, 2.45) is 5.92 Å². The fourth-order valence-electron chi connectivity index (χ4n) is 4.30. The molecule has 0 aromatic heterocycles. The number of likely N-dealkylation sites (tertiary alicyclic amines) is 1. The van der Waals surface area contributed by atoms with E-state index in [1.807, 2.05) is 0 Å². The van der Waals surface area contributed by atoms with Gasteiger partial charge in [-0.3, -0.25) is 4.90 Å². The Morgan fingerprint density at radius 3 is 2.44 bits per heavy atom. The molecule has 0 amide bonds. The second kappa shape index (κ2) is 6.91. The summed E-state index contributed by atoms with van der Waals surface area (Å²) in [5.41, 5.74) is 0. The number of nitrogens with zero attached hydrogens (tertiary/aromatic N) is 1. The zero-order chi connectivity index (χ0) is 13.0. The van der Waals surface area contributed by atoms with Crippen molar-refractivity contribution in [2.75, 3.05) is 13.6 Å². The molecule has 0 bridgehead atoms. The minimum absolute atomic E-state index is 0.750. The molecular formula is C16H32N2. The molecule has 2 rings (SSSR count). The highest BCUT2D eigenvalue weighted by atomic mass is 15.2. The molecular weight excluding hydrogens is 220 g/mol. The van der Waals surface area contributed by atoms with E-state index in [2.05, 4.69) is 31.1 Å². The van der Waals surface area contributed by atoms with Crippen molar-refractivity contribution in [1.29, 1.82) is 0 Å². The fourth-order valence-corrected chi connectivity index (χ4v) is 4.30. The summed E-state index contributed by atoms with van der Waals surface area (Å²) in [6.45, 7) is 6.15. The van der Waals surface area contributed by atoms with Gasteiger partial charge in [0.25, 0.3) is 0 Å². The van der Waals surface area contributed by atoms with Crippen LogP contribution in [0.5, 0.6) is 0 Å². The van der Waals surface area contributed by atoms with Gasteiger partial charge >= 0.3 is 0 Å². The Morgan fingerprint density at radius 1 is 1.17 bits per heavy atom. The van der Waals surface area contributed by atoms with Crippen LogP contribution in [0.3, 0.4) is 0 Å². The maximum atomic E-state index is 3.46. The summed E-state index contributed by atoms with van der Waals surface area (Å²) in [4.78, 5) is 2.84. The Bertz CT molecular complexity index is 235. The molecule has 0 aromatic carbocycles. The quantitative estimate of drug-likeness (QED) is 0.825. The molecule has 1 saturated heterocycles. The van der Waals surface area contributed by atoms with Crippen LogP contribution in [0, 0.1) is 5.92 Å². The molecule has 3 atom stereocenters. The molecule has 0 radical (unpaired) electrons. The smallest absolute Gasteiger partial charge is 0.0124 e. The molecule has 18 heavy (non-hydrogen) atoms. The molecule has 1 saturated carbocycles. The third-order valence-corrected chi connectivity index (χ3v) is 5.37. The monoisotopic (exact) mass is 252 g/mol. The van der Waals surface area contributed by atoms with Crippen molar-refractivity contribution in [3.63, 3.8) is 0 Å². The molecule has 1 heterocycles. The van der Waals surface area contributed by atoms with Crippen molar-refractivity contribution in [2.45, 2.75) is 83.3 Å². The highest BCUT2D eigenvalue weighted by Gasteiger charge is 2.33. The summed E-state index contributed by atoms with van der Waals surface area (Å²) in [7, 11) is 2.12. The highest BCUT2D eigenvalue weighted by Crippen LogP contribution is 2.33. The Kier molecular flexibility index (Phi) is 5.50. The van der Waals surface area contributed by atoms with Crippen LogP contribution in [0.4, 0.5) is 0 Å². The summed E-state index contributed by atoms with van der Waals surface area (Å²) in [5.74, 6) is 0.984. The summed E-state index contributed by atoms with van der Waals surface area (Å²) < 4.78 is 0. The molecule has 0 aromatic rings. The first kappa shape index (κ1) is 14.3. The van der Waals surface area contributed by atoms with Crippen LogP contribution >= 0.6 is 0 Å². The van der Waals surface area contributed by atoms with Gasteiger partial charge in [0.05, 0.1) is 0 Å². The molecule has 1 N–H and O–H groups in total. The maximum Gasteiger partial charge on any atom is 0.0124 e. The maximum absolute atomic E-state index is 3.46. The predicted octanol–water partition coefficient (Wildman–Crippen LogP) is 3.42. The molecule has 2 nitrogen and oxygen atoms in total. The average Bonchev–Trinajstić information content (AvgIpc) is 2.42. The van der Waals surface area contributed by atoms with Gasteiger partial charge in [-0.25, -0.2) is 0 Å². The zero-order valence-electron chi connectivity index (χ0n) is 12.6. The van der Waals surface area contributed by atoms with Gasteiger partial charge in [0.2, 0.25) is 0 Å². The molecule has 2 heteroatoms. The van der Waals surface area contributed by atoms with Gasteiger partial charge in [0, 0.05) is 24.7 Å². The number of hydrogen-bond donors (Lipinski definition) is 1. The molecule has 2 aliphatic rings. The van der Waals surface area contributed by atoms with Gasteiger partial charge in [-0.05, 0) is 52.0 Å². The van der Waals surface area contributed by atoms with Crippen molar-refractivity contribution >= 4 is 0 Å². The predicted molar refractivity (Wildman–Crippen MR) is 78.9 cm³/mol. The van der Waals surface area contributed by atoms with Gasteiger partial charge in [0.15, 0.2) is 0 Å². The summed E-state index contributed by atoms with van der Waals surface area (Å²) in [6.07, 6.45) is 11.4. The van der Waals surface area contributed by atoms with Crippen LogP contribution in [-0.4, -0.2) is 36.6 Å². The lowest BCUT2D eigenvalue weighted by Crippen LogP contribution is -2.53. The summed E-state index contributed by atoms with van der Waals surface area (Å²) in [6, 6.07) is 2.38. The van der Waals surface area contributed by atoms with Crippen molar-refractivity contribution < 1.29 is 0 Å². The Morgan fingerprint density at radius 2 is 1.89 bits per heavy atom. The van der Waals surface area contributed by atoms with Crippen molar-refractivity contribution in [1.82, 2.24) is 10.2 Å². The third kappa shape index (κ3) is 3.27. The largest absolute Gasteiger partial charge is 0.317 e. The van der Waals surface area contributed by atoms with E-state index in [0.29, 0.717) is 0 Å². The lowest BCUT2D eigenvalue weighted by atomic mass is 9.80. The van der Waals surface area contributed by atoms with Crippen LogP contribution in [0.2, 0.25) is 0 Å². The van der Waals surface area contributed by atoms with E-state index in [1.165, 1.54) is 57.9 Å². The van der Waals surface area contributed by atoms with Crippen LogP contribution in [0.25, 0.3) is 0 Å². The second-order valence-electron chi connectivity index (χ2n) is 6.47. The van der Waals surface area contributed by atoms with E-state index in [1.54, 1.807) is 0 Å². The summed E-state index contributed by atoms with van der Waals surface area (Å²) >= 11 is 0. The SMILES string of the molecule is CCC(C1CCCCC1)N1CCC(NC)CC1C. The van der Waals surface area contributed by atoms with E-state index in [9.17, 15) is 0 Å². The molecule has 1 aliphatic carbocycles. The van der Waals surface area contributed by atoms with E-state index in [4.69, 9.17) is 0 Å². The number of piperidine rings is 1. The summed E-state index contributed by atoms with van der Waals surface area (Å²) in [5, 5.41) is 3.46. The normalized spacial score (nSPS) is 33.5. The number of rotatable bonds is 4. The first-order valence-electron chi connectivity index (χ1n) is 8.19. The molecule has 3 unspecified atom stereocenters. The van der Waals surface area contributed by atoms with Gasteiger partial charge in [-0.15, -0.1) is 0 Å². The molecule has 2 fully saturated rings. The van der Waals surface area contributed by atoms with Crippen LogP contribution in [-0.2, 0) is 0 Å². The topological polar surface area (TPSA) is 15.3 Å². The first-order chi connectivity index (χ1) is 8.76. The molecule has 0 spiro atoms. The zero-order valence-corrected chi connectivity index (χ0v) is 12.6. The number of hydrogen-bond acceptors (Lipinski definition) is 2. The molecule has 106 valence electrons. The number of nitrogens with one attached hydrogen (secondary N) is 1.